The molecule has 5 aromatic rings. The molecule has 0 fully saturated rings. The average Bonchev–Trinajstić information content (AvgIpc) is 3.28. The number of anilines is 1. The predicted octanol–water partition coefficient (Wildman–Crippen LogP) is 7.51. The van der Waals surface area contributed by atoms with Crippen LogP contribution in [0.25, 0.3) is 28.0 Å². The van der Waals surface area contributed by atoms with Crippen molar-refractivity contribution in [3.8, 4) is 22.4 Å². The molecule has 1 N–H and O–H groups in total. The summed E-state index contributed by atoms with van der Waals surface area (Å²) < 4.78 is 4.85. The maximum absolute atomic E-state index is 6.08. The van der Waals surface area contributed by atoms with Crippen LogP contribution in [0.1, 0.15) is 29.7 Å². The number of imidazole rings is 1. The van der Waals surface area contributed by atoms with Crippen molar-refractivity contribution in [2.75, 3.05) is 5.32 Å². The van der Waals surface area contributed by atoms with Crippen molar-refractivity contribution in [1.29, 1.82) is 0 Å². The third-order valence-electron chi connectivity index (χ3n) is 6.79. The molecule has 168 valence electrons. The fourth-order valence-electron chi connectivity index (χ4n) is 5.19. The minimum Gasteiger partial charge on any atom is -0.345 e. The zero-order valence-electron chi connectivity index (χ0n) is 19.3. The number of aryl methyl sites for hydroxylation is 3. The second kappa shape index (κ2) is 8.62. The topological polar surface area (TPSA) is 21.4 Å². The second-order valence-corrected chi connectivity index (χ2v) is 9.48. The van der Waals surface area contributed by atoms with Crippen molar-refractivity contribution in [2.24, 2.45) is 0 Å². The molecule has 0 bridgehead atoms. The number of hydrogen-bond donors (Lipinski definition) is 1. The van der Waals surface area contributed by atoms with Crippen LogP contribution in [0.2, 0.25) is 0 Å². The summed E-state index contributed by atoms with van der Waals surface area (Å²) in [6, 6.07) is 29.8. The van der Waals surface area contributed by atoms with E-state index in [0.717, 1.165) is 29.3 Å². The maximum atomic E-state index is 6.08. The predicted molar refractivity (Wildman–Crippen MR) is 146 cm³/mol. The van der Waals surface area contributed by atoms with E-state index in [2.05, 4.69) is 94.1 Å². The highest BCUT2D eigenvalue weighted by Gasteiger charge is 2.28. The summed E-state index contributed by atoms with van der Waals surface area (Å²) in [6.07, 6.45) is 5.69. The van der Waals surface area contributed by atoms with Crippen LogP contribution in [-0.4, -0.2) is 14.0 Å². The van der Waals surface area contributed by atoms with Gasteiger partial charge in [-0.05, 0) is 49.4 Å². The number of hydrogen-bond acceptors (Lipinski definition) is 1. The lowest BCUT2D eigenvalue weighted by atomic mass is 9.98. The molecule has 0 amide bonds. The maximum Gasteiger partial charge on any atom is 0.128 e. The minimum atomic E-state index is 0.750. The van der Waals surface area contributed by atoms with Gasteiger partial charge in [-0.1, -0.05) is 90.6 Å². The summed E-state index contributed by atoms with van der Waals surface area (Å²) in [7, 11) is 0. The van der Waals surface area contributed by atoms with Gasteiger partial charge in [0.15, 0.2) is 0 Å². The van der Waals surface area contributed by atoms with Gasteiger partial charge in [0, 0.05) is 29.6 Å². The number of nitrogens with zero attached hydrogens (tertiary/aromatic N) is 2. The smallest absolute Gasteiger partial charge is 0.128 e. The van der Waals surface area contributed by atoms with Crippen LogP contribution in [0.3, 0.4) is 0 Å². The van der Waals surface area contributed by atoms with Gasteiger partial charge in [-0.2, -0.15) is 0 Å². The first-order valence-corrected chi connectivity index (χ1v) is 12.4. The summed E-state index contributed by atoms with van der Waals surface area (Å²) in [5.74, 6) is 0. The fraction of sp³-hybridized carbons (Fsp3) is 0.167. The molecule has 0 aliphatic carbocycles. The Hall–Kier alpha value is -3.63. The fourth-order valence-corrected chi connectivity index (χ4v) is 5.51. The van der Waals surface area contributed by atoms with E-state index >= 15 is 0 Å². The van der Waals surface area contributed by atoms with E-state index in [9.17, 15) is 0 Å². The Morgan fingerprint density at radius 3 is 2.26 bits per heavy atom. The monoisotopic (exact) mass is 461 g/mol. The molecular formula is C30H27N3S. The van der Waals surface area contributed by atoms with Crippen molar-refractivity contribution in [3.63, 3.8) is 0 Å². The highest BCUT2D eigenvalue weighted by atomic mass is 32.1. The highest BCUT2D eigenvalue weighted by Crippen LogP contribution is 2.39. The molecule has 4 heteroatoms. The van der Waals surface area contributed by atoms with Crippen LogP contribution in [0.4, 0.5) is 5.69 Å². The van der Waals surface area contributed by atoms with Gasteiger partial charge in [0.2, 0.25) is 0 Å². The third-order valence-corrected chi connectivity index (χ3v) is 7.09. The summed E-state index contributed by atoms with van der Waals surface area (Å²) in [5, 5.41) is 3.51. The Kier molecular flexibility index (Phi) is 5.31. The van der Waals surface area contributed by atoms with Crippen LogP contribution in [0.15, 0.2) is 91.1 Å². The Morgan fingerprint density at radius 2 is 1.53 bits per heavy atom. The van der Waals surface area contributed by atoms with Gasteiger partial charge >= 0.3 is 0 Å². The summed E-state index contributed by atoms with van der Waals surface area (Å²) in [5.41, 5.74) is 11.0. The van der Waals surface area contributed by atoms with Crippen molar-refractivity contribution < 1.29 is 0 Å². The molecule has 1 aliphatic heterocycles. The number of para-hydroxylation sites is 1. The Morgan fingerprint density at radius 1 is 0.824 bits per heavy atom. The first kappa shape index (κ1) is 20.9. The second-order valence-electron chi connectivity index (χ2n) is 9.07. The van der Waals surface area contributed by atoms with Crippen LogP contribution in [0.5, 0.6) is 0 Å². The standard InChI is InChI=1S/C30H27N3S/c1-21-15-17-22(18-16-21)26-20-33-28(29(34)31-24-12-6-3-7-13-24)27(23-10-4-2-5-11-23)25-14-8-9-19-32(26)30(25)33/h2-7,10-13,15-18,20H,8-9,14,19H2,1H3,(H,31,34). The Labute approximate surface area is 205 Å². The molecule has 3 heterocycles. The van der Waals surface area contributed by atoms with Gasteiger partial charge in [-0.3, -0.25) is 4.40 Å². The molecule has 0 spiro atoms. The molecule has 2 aromatic heterocycles. The average molecular weight is 462 g/mol. The molecule has 3 aromatic carbocycles. The van der Waals surface area contributed by atoms with E-state index in [1.165, 1.54) is 52.0 Å². The molecule has 1 aliphatic rings. The quantitative estimate of drug-likeness (QED) is 0.280. The first-order chi connectivity index (χ1) is 16.7. The third kappa shape index (κ3) is 3.55. The van der Waals surface area contributed by atoms with Crippen LogP contribution < -0.4 is 5.32 Å². The number of rotatable bonds is 4. The van der Waals surface area contributed by atoms with Crippen LogP contribution in [-0.2, 0) is 13.0 Å². The van der Waals surface area contributed by atoms with Crippen molar-refractivity contribution in [2.45, 2.75) is 32.7 Å². The first-order valence-electron chi connectivity index (χ1n) is 12.0. The normalized spacial score (nSPS) is 13.1. The van der Waals surface area contributed by atoms with E-state index < -0.39 is 0 Å². The van der Waals surface area contributed by atoms with Crippen molar-refractivity contribution in [3.05, 3.63) is 108 Å². The summed E-state index contributed by atoms with van der Waals surface area (Å²) in [6.45, 7) is 3.15. The number of nitrogens with one attached hydrogen (secondary N) is 1. The minimum absolute atomic E-state index is 0.750. The summed E-state index contributed by atoms with van der Waals surface area (Å²) >= 11 is 6.08. The molecule has 34 heavy (non-hydrogen) atoms. The Bertz CT molecular complexity index is 1480. The van der Waals surface area contributed by atoms with Gasteiger partial charge in [-0.15, -0.1) is 0 Å². The summed E-state index contributed by atoms with van der Waals surface area (Å²) in [4.78, 5) is 0.750. The molecule has 0 unspecified atom stereocenters. The number of thiocarbonyl (C=S) groups is 1. The lowest BCUT2D eigenvalue weighted by Gasteiger charge is -2.12. The van der Waals surface area contributed by atoms with Gasteiger partial charge in [0.25, 0.3) is 0 Å². The van der Waals surface area contributed by atoms with Crippen molar-refractivity contribution in [1.82, 2.24) is 8.97 Å². The van der Waals surface area contributed by atoms with Gasteiger partial charge < -0.3 is 9.88 Å². The lowest BCUT2D eigenvalue weighted by molar-refractivity contribution is 0.647. The molecule has 0 saturated carbocycles. The van der Waals surface area contributed by atoms with E-state index in [0.29, 0.717) is 0 Å². The zero-order valence-corrected chi connectivity index (χ0v) is 20.1. The zero-order chi connectivity index (χ0) is 23.1. The lowest BCUT2D eigenvalue weighted by Crippen LogP contribution is -2.14. The van der Waals surface area contributed by atoms with Gasteiger partial charge in [-0.25, -0.2) is 0 Å². The largest absolute Gasteiger partial charge is 0.345 e. The molecule has 6 rings (SSSR count). The highest BCUT2D eigenvalue weighted by molar-refractivity contribution is 7.81. The van der Waals surface area contributed by atoms with E-state index in [4.69, 9.17) is 12.2 Å². The number of benzene rings is 3. The number of aromatic nitrogens is 2. The molecular weight excluding hydrogens is 434 g/mol. The van der Waals surface area contributed by atoms with Gasteiger partial charge in [0.05, 0.1) is 11.4 Å². The van der Waals surface area contributed by atoms with E-state index in [1.807, 2.05) is 18.2 Å². The Balaban J connectivity index is 1.62. The van der Waals surface area contributed by atoms with E-state index in [1.54, 1.807) is 0 Å². The van der Waals surface area contributed by atoms with Crippen molar-refractivity contribution >= 4 is 28.5 Å². The van der Waals surface area contributed by atoms with Crippen LogP contribution >= 0.6 is 12.2 Å². The SMILES string of the molecule is Cc1ccc(-c2cn3c(C(=S)Nc4ccccc4)c(-c4ccccc4)c4c3n2CCCC4)cc1. The van der Waals surface area contributed by atoms with E-state index in [-0.39, 0.29) is 0 Å². The molecule has 0 radical (unpaired) electrons. The van der Waals surface area contributed by atoms with Gasteiger partial charge in [0.1, 0.15) is 10.6 Å². The molecule has 0 atom stereocenters. The molecule has 0 saturated heterocycles. The molecule has 3 nitrogen and oxygen atoms in total. The van der Waals surface area contributed by atoms with Crippen LogP contribution in [0, 0.1) is 6.92 Å².